The summed E-state index contributed by atoms with van der Waals surface area (Å²) in [6.07, 6.45) is 0.600. The maximum absolute atomic E-state index is 5.61. The lowest BCUT2D eigenvalue weighted by atomic mass is 10.2. The first-order valence-corrected chi connectivity index (χ1v) is 5.56. The number of aryl methyl sites for hydroxylation is 2. The molecule has 1 atom stereocenters. The molecule has 2 heterocycles. The molecule has 1 unspecified atom stereocenters. The topological polar surface area (TPSA) is 78.3 Å². The summed E-state index contributed by atoms with van der Waals surface area (Å²) in [6.45, 7) is 4.42. The van der Waals surface area contributed by atoms with Crippen molar-refractivity contribution in [1.29, 1.82) is 0 Å². The Balaban J connectivity index is 2.42. The third kappa shape index (κ3) is 2.27. The largest absolute Gasteiger partial charge is 0.380 e. The van der Waals surface area contributed by atoms with Gasteiger partial charge in [-0.05, 0) is 19.9 Å². The molecule has 0 saturated heterocycles. The number of fused-ring (bicyclic) bond motifs is 1. The summed E-state index contributed by atoms with van der Waals surface area (Å²) < 4.78 is 7.20. The van der Waals surface area contributed by atoms with Crippen LogP contribution in [0.3, 0.4) is 0 Å². The molecule has 2 rings (SSSR count). The lowest BCUT2D eigenvalue weighted by molar-refractivity contribution is 0.108. The van der Waals surface area contributed by atoms with Crippen LogP contribution in [0.1, 0.15) is 17.2 Å². The minimum Gasteiger partial charge on any atom is -0.380 e. The molecule has 0 aliphatic rings. The molecule has 0 amide bonds. The Kier molecular flexibility index (Phi) is 3.35. The number of ether oxygens (including phenoxy) is 1. The van der Waals surface area contributed by atoms with Gasteiger partial charge in [-0.1, -0.05) is 0 Å². The van der Waals surface area contributed by atoms with Gasteiger partial charge in [-0.15, -0.1) is 10.2 Å². The fourth-order valence-electron chi connectivity index (χ4n) is 1.90. The zero-order valence-electron chi connectivity index (χ0n) is 10.3. The van der Waals surface area contributed by atoms with E-state index in [1.54, 1.807) is 7.11 Å². The summed E-state index contributed by atoms with van der Waals surface area (Å²) in [7, 11) is 1.65. The number of nitrogens with zero attached hydrogens (tertiary/aromatic N) is 4. The SMILES string of the molecule is COC(CN)Cc1nnc2nc(C)cc(C)n12. The molecule has 0 aliphatic carbocycles. The van der Waals surface area contributed by atoms with Crippen molar-refractivity contribution in [1.82, 2.24) is 19.6 Å². The molecule has 0 radical (unpaired) electrons. The minimum absolute atomic E-state index is 0.0388. The van der Waals surface area contributed by atoms with E-state index in [-0.39, 0.29) is 6.10 Å². The van der Waals surface area contributed by atoms with Gasteiger partial charge in [0.1, 0.15) is 5.82 Å². The molecule has 6 nitrogen and oxygen atoms in total. The van der Waals surface area contributed by atoms with Crippen LogP contribution in [0.4, 0.5) is 0 Å². The molecule has 2 N–H and O–H groups in total. The highest BCUT2D eigenvalue weighted by atomic mass is 16.5. The maximum Gasteiger partial charge on any atom is 0.255 e. The van der Waals surface area contributed by atoms with Gasteiger partial charge >= 0.3 is 0 Å². The van der Waals surface area contributed by atoms with Crippen molar-refractivity contribution >= 4 is 5.78 Å². The van der Waals surface area contributed by atoms with Crippen LogP contribution in [0.5, 0.6) is 0 Å². The lowest BCUT2D eigenvalue weighted by Crippen LogP contribution is -2.25. The van der Waals surface area contributed by atoms with Crippen molar-refractivity contribution in [2.75, 3.05) is 13.7 Å². The Morgan fingerprint density at radius 1 is 1.41 bits per heavy atom. The fraction of sp³-hybridized carbons (Fsp3) is 0.545. The Bertz CT molecular complexity index is 518. The zero-order valence-corrected chi connectivity index (χ0v) is 10.3. The van der Waals surface area contributed by atoms with E-state index in [4.69, 9.17) is 10.5 Å². The minimum atomic E-state index is -0.0388. The zero-order chi connectivity index (χ0) is 12.4. The highest BCUT2D eigenvalue weighted by Crippen LogP contribution is 2.10. The van der Waals surface area contributed by atoms with Crippen LogP contribution >= 0.6 is 0 Å². The molecule has 0 aromatic carbocycles. The second-order valence-electron chi connectivity index (χ2n) is 4.09. The summed E-state index contributed by atoms with van der Waals surface area (Å²) in [5, 5.41) is 8.22. The van der Waals surface area contributed by atoms with Crippen LogP contribution in [-0.2, 0) is 11.2 Å². The molecule has 2 aromatic rings. The highest BCUT2D eigenvalue weighted by Gasteiger charge is 2.14. The average Bonchev–Trinajstić information content (AvgIpc) is 2.69. The molecular weight excluding hydrogens is 218 g/mol. The van der Waals surface area contributed by atoms with E-state index in [1.165, 1.54) is 0 Å². The van der Waals surface area contributed by atoms with E-state index in [0.29, 0.717) is 18.7 Å². The van der Waals surface area contributed by atoms with E-state index in [1.807, 2.05) is 24.3 Å². The van der Waals surface area contributed by atoms with Crippen LogP contribution in [0.15, 0.2) is 6.07 Å². The Hall–Kier alpha value is -1.53. The van der Waals surface area contributed by atoms with E-state index >= 15 is 0 Å². The Morgan fingerprint density at radius 3 is 2.82 bits per heavy atom. The van der Waals surface area contributed by atoms with Crippen LogP contribution in [-0.4, -0.2) is 39.3 Å². The molecule has 6 heteroatoms. The predicted octanol–water partition coefficient (Wildman–Crippen LogP) is 0.257. The molecule has 2 aromatic heterocycles. The van der Waals surface area contributed by atoms with Crippen molar-refractivity contribution in [2.45, 2.75) is 26.4 Å². The van der Waals surface area contributed by atoms with Crippen molar-refractivity contribution in [2.24, 2.45) is 5.73 Å². The predicted molar refractivity (Wildman–Crippen MR) is 63.8 cm³/mol. The van der Waals surface area contributed by atoms with Gasteiger partial charge in [0.05, 0.1) is 6.10 Å². The first kappa shape index (κ1) is 11.9. The second kappa shape index (κ2) is 4.77. The second-order valence-corrected chi connectivity index (χ2v) is 4.09. The highest BCUT2D eigenvalue weighted by molar-refractivity contribution is 5.32. The number of nitrogens with two attached hydrogens (primary N) is 1. The Labute approximate surface area is 99.8 Å². The molecule has 0 aliphatic heterocycles. The maximum atomic E-state index is 5.61. The standard InChI is InChI=1S/C11H17N5O/c1-7-4-8(2)16-10(5-9(6-12)17-3)14-15-11(16)13-7/h4,9H,5-6,12H2,1-3H3. The molecule has 0 saturated carbocycles. The van der Waals surface area contributed by atoms with Gasteiger partial charge < -0.3 is 10.5 Å². The first-order chi connectivity index (χ1) is 8.15. The normalized spacial score (nSPS) is 13.2. The molecule has 0 bridgehead atoms. The lowest BCUT2D eigenvalue weighted by Gasteiger charge is -2.11. The number of hydrogen-bond acceptors (Lipinski definition) is 5. The van der Waals surface area contributed by atoms with Gasteiger partial charge in [0, 0.05) is 31.5 Å². The van der Waals surface area contributed by atoms with Gasteiger partial charge in [-0.2, -0.15) is 0 Å². The van der Waals surface area contributed by atoms with Gasteiger partial charge in [-0.3, -0.25) is 4.40 Å². The summed E-state index contributed by atoms with van der Waals surface area (Å²) in [4.78, 5) is 4.33. The molecule has 0 fully saturated rings. The van der Waals surface area contributed by atoms with Crippen LogP contribution in [0.25, 0.3) is 5.78 Å². The van der Waals surface area contributed by atoms with Gasteiger partial charge in [0.15, 0.2) is 0 Å². The first-order valence-electron chi connectivity index (χ1n) is 5.56. The van der Waals surface area contributed by atoms with Crippen molar-refractivity contribution in [3.63, 3.8) is 0 Å². The van der Waals surface area contributed by atoms with Crippen LogP contribution in [0.2, 0.25) is 0 Å². The van der Waals surface area contributed by atoms with Crippen LogP contribution in [0, 0.1) is 13.8 Å². The van der Waals surface area contributed by atoms with Gasteiger partial charge in [-0.25, -0.2) is 4.98 Å². The summed E-state index contributed by atoms with van der Waals surface area (Å²) in [6, 6.07) is 2.00. The third-order valence-electron chi connectivity index (χ3n) is 2.77. The monoisotopic (exact) mass is 235 g/mol. The van der Waals surface area contributed by atoms with E-state index < -0.39 is 0 Å². The molecular formula is C11H17N5O. The summed E-state index contributed by atoms with van der Waals surface area (Å²) in [5.74, 6) is 1.46. The van der Waals surface area contributed by atoms with Crippen molar-refractivity contribution in [3.8, 4) is 0 Å². The third-order valence-corrected chi connectivity index (χ3v) is 2.77. The molecule has 17 heavy (non-hydrogen) atoms. The van der Waals surface area contributed by atoms with Gasteiger partial charge in [0.25, 0.3) is 5.78 Å². The summed E-state index contributed by atoms with van der Waals surface area (Å²) >= 11 is 0. The average molecular weight is 235 g/mol. The fourth-order valence-corrected chi connectivity index (χ4v) is 1.90. The Morgan fingerprint density at radius 2 is 2.18 bits per heavy atom. The smallest absolute Gasteiger partial charge is 0.255 e. The van der Waals surface area contributed by atoms with E-state index in [0.717, 1.165) is 17.2 Å². The number of hydrogen-bond donors (Lipinski definition) is 1. The number of rotatable bonds is 4. The molecule has 0 spiro atoms. The van der Waals surface area contributed by atoms with Crippen LogP contribution < -0.4 is 5.73 Å². The molecule has 92 valence electrons. The van der Waals surface area contributed by atoms with E-state index in [9.17, 15) is 0 Å². The number of methoxy groups -OCH3 is 1. The quantitative estimate of drug-likeness (QED) is 0.822. The van der Waals surface area contributed by atoms with Crippen molar-refractivity contribution < 1.29 is 4.74 Å². The van der Waals surface area contributed by atoms with E-state index in [2.05, 4.69) is 15.2 Å². The summed E-state index contributed by atoms with van der Waals surface area (Å²) in [5.41, 5.74) is 7.62. The van der Waals surface area contributed by atoms with Gasteiger partial charge in [0.2, 0.25) is 0 Å². The number of aromatic nitrogens is 4. The van der Waals surface area contributed by atoms with Crippen molar-refractivity contribution in [3.05, 3.63) is 23.3 Å².